The number of carbonyl (C=O) groups excluding carboxylic acids is 1. The molecule has 0 saturated carbocycles. The normalized spacial score (nSPS) is 17.0. The van der Waals surface area contributed by atoms with Crippen molar-refractivity contribution in [1.82, 2.24) is 24.3 Å². The Hall–Kier alpha value is -4.24. The van der Waals surface area contributed by atoms with Crippen molar-refractivity contribution in [3.8, 4) is 6.07 Å². The van der Waals surface area contributed by atoms with Gasteiger partial charge in [0.15, 0.2) is 17.3 Å². The Kier molecular flexibility index (Phi) is 7.95. The smallest absolute Gasteiger partial charge is 0.276 e. The number of piperazine rings is 1. The molecule has 9 nitrogen and oxygen atoms in total. The monoisotopic (exact) mass is 683 g/mol. The van der Waals surface area contributed by atoms with Crippen LogP contribution in [0.25, 0.3) is 38.5 Å². The van der Waals surface area contributed by atoms with E-state index >= 15 is 8.78 Å². The number of aromatic amines is 1. The van der Waals surface area contributed by atoms with E-state index < -0.39 is 27.2 Å². The lowest BCUT2D eigenvalue weighted by molar-refractivity contribution is -0.130. The molecule has 1 N–H and O–H groups in total. The zero-order valence-corrected chi connectivity index (χ0v) is 27.3. The Morgan fingerprint density at radius 1 is 1.13 bits per heavy atom. The minimum Gasteiger partial charge on any atom is -0.366 e. The van der Waals surface area contributed by atoms with Gasteiger partial charge in [0, 0.05) is 42.5 Å². The first kappa shape index (κ1) is 31.7. The maximum atomic E-state index is 15.9. The van der Waals surface area contributed by atoms with Crippen LogP contribution >= 0.6 is 34.8 Å². The van der Waals surface area contributed by atoms with E-state index in [9.17, 15) is 14.9 Å². The van der Waals surface area contributed by atoms with Crippen LogP contribution in [0.1, 0.15) is 44.9 Å². The van der Waals surface area contributed by atoms with Crippen LogP contribution in [0.2, 0.25) is 15.1 Å². The van der Waals surface area contributed by atoms with Crippen molar-refractivity contribution in [3.63, 3.8) is 0 Å². The lowest BCUT2D eigenvalue weighted by Gasteiger charge is -2.45. The Morgan fingerprint density at radius 3 is 2.41 bits per heavy atom. The Labute approximate surface area is 276 Å². The summed E-state index contributed by atoms with van der Waals surface area (Å²) in [5, 5.41) is 8.97. The molecule has 6 rings (SSSR count). The van der Waals surface area contributed by atoms with E-state index in [4.69, 9.17) is 39.8 Å². The van der Waals surface area contributed by atoms with Gasteiger partial charge in [0.25, 0.3) is 5.56 Å². The number of nitrogens with one attached hydrogen (secondary N) is 1. The highest BCUT2D eigenvalue weighted by Crippen LogP contribution is 2.40. The lowest BCUT2D eigenvalue weighted by atomic mass is 10.0. The number of hydrogen-bond donors (Lipinski definition) is 1. The maximum absolute atomic E-state index is 15.9. The van der Waals surface area contributed by atoms with Gasteiger partial charge in [0.2, 0.25) is 5.91 Å². The molecular formula is C32H26Cl3F2N7O2. The third-order valence-electron chi connectivity index (χ3n) is 8.34. The molecule has 0 unspecified atom stereocenters. The zero-order chi connectivity index (χ0) is 33.4. The van der Waals surface area contributed by atoms with E-state index in [0.29, 0.717) is 11.1 Å². The second kappa shape index (κ2) is 11.5. The summed E-state index contributed by atoms with van der Waals surface area (Å²) in [5.74, 6) is -2.84. The first-order valence-electron chi connectivity index (χ1n) is 14.3. The topological polar surface area (TPSA) is 110 Å². The third kappa shape index (κ3) is 4.62. The van der Waals surface area contributed by atoms with Gasteiger partial charge in [-0.15, -0.1) is 0 Å². The standard InChI is InChI=1S/C32H26Cl3F2N7O2/c1-6-20(45)43-14(4)11-42(12-15(43)5)29-16-9-18(33)27-21-24(36)22(34)25(37)23(35)28(21)40-19-7-8-39-26(13(2)3)30(19)44(31(16)41-27)32(46)17(29)10-38/h6-9,13-15,39H,1,11-12H2,2-5H3/t14-,15+. The molecule has 236 valence electrons. The van der Waals surface area contributed by atoms with Crippen molar-refractivity contribution >= 4 is 84.9 Å². The molecule has 46 heavy (non-hydrogen) atoms. The molecule has 5 heterocycles. The molecule has 1 amide bonds. The largest absolute Gasteiger partial charge is 0.366 e. The second-order valence-corrected chi connectivity index (χ2v) is 12.8. The lowest BCUT2D eigenvalue weighted by Crippen LogP contribution is -2.58. The summed E-state index contributed by atoms with van der Waals surface area (Å²) in [6.45, 7) is 11.6. The van der Waals surface area contributed by atoms with Crippen molar-refractivity contribution in [1.29, 1.82) is 5.26 Å². The fourth-order valence-electron chi connectivity index (χ4n) is 6.45. The summed E-state index contributed by atoms with van der Waals surface area (Å²) in [6.07, 6.45) is 2.83. The zero-order valence-electron chi connectivity index (χ0n) is 25.1. The molecule has 4 aromatic heterocycles. The van der Waals surface area contributed by atoms with Gasteiger partial charge in [-0.1, -0.05) is 55.2 Å². The van der Waals surface area contributed by atoms with Gasteiger partial charge in [-0.2, -0.15) is 5.26 Å². The Bertz CT molecular complexity index is 2280. The van der Waals surface area contributed by atoms with Crippen molar-refractivity contribution in [2.24, 2.45) is 0 Å². The number of aromatic nitrogens is 4. The predicted octanol–water partition coefficient (Wildman–Crippen LogP) is 7.28. The molecule has 1 saturated heterocycles. The van der Waals surface area contributed by atoms with Crippen LogP contribution in [0.4, 0.5) is 14.5 Å². The summed E-state index contributed by atoms with van der Waals surface area (Å²) >= 11 is 19.3. The van der Waals surface area contributed by atoms with Crippen LogP contribution < -0.4 is 10.5 Å². The van der Waals surface area contributed by atoms with Gasteiger partial charge < -0.3 is 14.8 Å². The van der Waals surface area contributed by atoms with Crippen LogP contribution in [0.3, 0.4) is 0 Å². The minimum atomic E-state index is -1.21. The molecule has 1 aliphatic heterocycles. The first-order valence-corrected chi connectivity index (χ1v) is 15.5. The second-order valence-electron chi connectivity index (χ2n) is 11.6. The third-order valence-corrected chi connectivity index (χ3v) is 9.31. The maximum Gasteiger partial charge on any atom is 0.276 e. The Balaban J connectivity index is 1.89. The van der Waals surface area contributed by atoms with Crippen LogP contribution in [0, 0.1) is 23.0 Å². The molecule has 0 radical (unpaired) electrons. The van der Waals surface area contributed by atoms with E-state index in [2.05, 4.69) is 22.6 Å². The fourth-order valence-corrected chi connectivity index (χ4v) is 7.16. The molecule has 2 atom stereocenters. The van der Waals surface area contributed by atoms with Crippen molar-refractivity contribution in [2.45, 2.75) is 45.7 Å². The molecule has 2 bridgehead atoms. The number of benzene rings is 1. The van der Waals surface area contributed by atoms with Crippen LogP contribution in [0.5, 0.6) is 0 Å². The number of hydrogen-bond acceptors (Lipinski definition) is 6. The molecule has 1 fully saturated rings. The predicted molar refractivity (Wildman–Crippen MR) is 177 cm³/mol. The van der Waals surface area contributed by atoms with Gasteiger partial charge in [-0.3, -0.25) is 14.0 Å². The van der Waals surface area contributed by atoms with E-state index in [1.165, 1.54) is 22.6 Å². The Morgan fingerprint density at radius 2 is 1.80 bits per heavy atom. The number of carbonyl (C=O) groups is 1. The number of fused-ring (bicyclic) bond motifs is 5. The summed E-state index contributed by atoms with van der Waals surface area (Å²) in [7, 11) is 0. The van der Waals surface area contributed by atoms with Crippen molar-refractivity contribution < 1.29 is 13.6 Å². The quantitative estimate of drug-likeness (QED) is 0.122. The molecule has 14 heteroatoms. The molecule has 1 aliphatic rings. The van der Waals surface area contributed by atoms with Gasteiger partial charge in [-0.25, -0.2) is 18.7 Å². The van der Waals surface area contributed by atoms with E-state index in [1.807, 2.05) is 32.6 Å². The minimum absolute atomic E-state index is 0.0464. The SMILES string of the molecule is C=CC(=O)N1[C@H](C)CN(c2c(C#N)c(=O)n3c4nc(c(Cl)cc24)c2c(F)c(Cl)c(F)c(Cl)c2nc2cc[nH]c(C(C)C)c23)C[C@@H]1C. The molecule has 1 aromatic carbocycles. The number of amides is 1. The summed E-state index contributed by atoms with van der Waals surface area (Å²) < 4.78 is 32.3. The first-order chi connectivity index (χ1) is 21.8. The fraction of sp³-hybridized carbons (Fsp3) is 0.281. The average Bonchev–Trinajstić information content (AvgIpc) is 3.07. The van der Waals surface area contributed by atoms with Gasteiger partial charge in [-0.05, 0) is 38.0 Å². The molecule has 5 aromatic rings. The van der Waals surface area contributed by atoms with E-state index in [-0.39, 0.29) is 86.4 Å². The summed E-state index contributed by atoms with van der Waals surface area (Å²) in [5.41, 5.74) is -0.198. The number of pyridine rings is 3. The number of halogens is 5. The number of rotatable bonds is 3. The number of H-pyrrole nitrogens is 1. The molecular weight excluding hydrogens is 659 g/mol. The van der Waals surface area contributed by atoms with Crippen LogP contribution in [-0.2, 0) is 4.79 Å². The molecule has 0 aliphatic carbocycles. The van der Waals surface area contributed by atoms with Crippen LogP contribution in [0.15, 0.2) is 35.8 Å². The number of nitriles is 1. The van der Waals surface area contributed by atoms with Crippen LogP contribution in [-0.4, -0.2) is 55.3 Å². The van der Waals surface area contributed by atoms with E-state index in [0.717, 1.165) is 0 Å². The number of nitrogens with zero attached hydrogens (tertiary/aromatic N) is 6. The van der Waals surface area contributed by atoms with E-state index in [1.54, 1.807) is 11.1 Å². The van der Waals surface area contributed by atoms with Crippen molar-refractivity contribution in [3.05, 3.63) is 79.3 Å². The number of anilines is 1. The van der Waals surface area contributed by atoms with Gasteiger partial charge in [0.05, 0.1) is 38.2 Å². The summed E-state index contributed by atoms with van der Waals surface area (Å²) in [6, 6.07) is 4.48. The highest BCUT2D eigenvalue weighted by molar-refractivity contribution is 6.41. The molecule has 0 spiro atoms. The van der Waals surface area contributed by atoms with Gasteiger partial charge >= 0.3 is 0 Å². The van der Waals surface area contributed by atoms with Crippen molar-refractivity contribution in [2.75, 3.05) is 18.0 Å². The highest BCUT2D eigenvalue weighted by Gasteiger charge is 2.35. The highest BCUT2D eigenvalue weighted by atomic mass is 35.5. The average molecular weight is 685 g/mol. The summed E-state index contributed by atoms with van der Waals surface area (Å²) in [4.78, 5) is 43.2. The van der Waals surface area contributed by atoms with Gasteiger partial charge in [0.1, 0.15) is 21.7 Å².